The van der Waals surface area contributed by atoms with Crippen molar-refractivity contribution in [3.8, 4) is 0 Å². The van der Waals surface area contributed by atoms with Crippen LogP contribution < -0.4 is 10.2 Å². The molecule has 0 saturated heterocycles. The molecule has 2 aromatic rings. The molecule has 0 aliphatic heterocycles. The molecule has 90 valence electrons. The second kappa shape index (κ2) is 4.37. The van der Waals surface area contributed by atoms with Crippen LogP contribution in [0.15, 0.2) is 16.5 Å². The van der Waals surface area contributed by atoms with Gasteiger partial charge in [0.2, 0.25) is 12.1 Å². The number of nitrogens with one attached hydrogen (secondary N) is 2. The van der Waals surface area contributed by atoms with E-state index in [-0.39, 0.29) is 10.7 Å². The molecule has 2 rings (SSSR count). The number of nitro groups is 1. The summed E-state index contributed by atoms with van der Waals surface area (Å²) in [5.74, 6) is 0.0760. The highest BCUT2D eigenvalue weighted by Crippen LogP contribution is 2.21. The fourth-order valence-electron chi connectivity index (χ4n) is 1.33. The lowest BCUT2D eigenvalue weighted by atomic mass is 10.5. The van der Waals surface area contributed by atoms with Gasteiger partial charge in [0.05, 0.1) is 6.54 Å². The highest BCUT2D eigenvalue weighted by atomic mass is 32.1. The van der Waals surface area contributed by atoms with E-state index in [0.717, 1.165) is 11.3 Å². The van der Waals surface area contributed by atoms with Crippen LogP contribution in [0.5, 0.6) is 0 Å². The summed E-state index contributed by atoms with van der Waals surface area (Å²) in [7, 11) is 1.65. The average Bonchev–Trinajstić information content (AvgIpc) is 2.82. The molecule has 2 N–H and O–H groups in total. The summed E-state index contributed by atoms with van der Waals surface area (Å²) in [5.41, 5.74) is 0.676. The Morgan fingerprint density at radius 3 is 3.06 bits per heavy atom. The van der Waals surface area contributed by atoms with E-state index in [1.54, 1.807) is 12.4 Å². The van der Waals surface area contributed by atoms with E-state index in [0.29, 0.717) is 18.1 Å². The smallest absolute Gasteiger partial charge is 0.359 e. The SMILES string of the molecule is Cn1cnc([N+](=O)[O-])c1NCc1csc(=O)[nH]1. The van der Waals surface area contributed by atoms with Crippen LogP contribution in [0.25, 0.3) is 0 Å². The van der Waals surface area contributed by atoms with Gasteiger partial charge in [0.15, 0.2) is 0 Å². The number of hydrogen-bond donors (Lipinski definition) is 2. The van der Waals surface area contributed by atoms with Crippen molar-refractivity contribution in [1.82, 2.24) is 14.5 Å². The highest BCUT2D eigenvalue weighted by molar-refractivity contribution is 7.07. The number of H-pyrrole nitrogens is 1. The Hall–Kier alpha value is -2.16. The van der Waals surface area contributed by atoms with Gasteiger partial charge < -0.3 is 20.4 Å². The fourth-order valence-corrected chi connectivity index (χ4v) is 1.92. The normalized spacial score (nSPS) is 10.4. The molecule has 0 radical (unpaired) electrons. The third-order valence-electron chi connectivity index (χ3n) is 2.11. The predicted octanol–water partition coefficient (Wildman–Crippen LogP) is 0.690. The minimum Gasteiger partial charge on any atom is -0.359 e. The standard InChI is InChI=1S/C8H9N5O3S/c1-12-4-10-7(13(15)16)6(12)9-2-5-3-17-8(14)11-5/h3-4,9H,2H2,1H3,(H,11,14). The van der Waals surface area contributed by atoms with E-state index in [1.165, 1.54) is 10.9 Å². The van der Waals surface area contributed by atoms with Gasteiger partial charge in [0.1, 0.15) is 0 Å². The van der Waals surface area contributed by atoms with E-state index >= 15 is 0 Å². The van der Waals surface area contributed by atoms with Crippen molar-refractivity contribution in [2.75, 3.05) is 5.32 Å². The van der Waals surface area contributed by atoms with E-state index in [4.69, 9.17) is 0 Å². The predicted molar refractivity (Wildman–Crippen MR) is 62.1 cm³/mol. The molecule has 17 heavy (non-hydrogen) atoms. The van der Waals surface area contributed by atoms with Crippen molar-refractivity contribution in [3.05, 3.63) is 37.2 Å². The van der Waals surface area contributed by atoms with Gasteiger partial charge >= 0.3 is 10.7 Å². The minimum atomic E-state index is -0.557. The van der Waals surface area contributed by atoms with Gasteiger partial charge in [-0.3, -0.25) is 9.36 Å². The number of thiazole rings is 1. The van der Waals surface area contributed by atoms with E-state index in [2.05, 4.69) is 15.3 Å². The van der Waals surface area contributed by atoms with Gasteiger partial charge in [-0.1, -0.05) is 11.3 Å². The molecule has 0 aliphatic rings. The third kappa shape index (κ3) is 2.33. The molecule has 0 saturated carbocycles. The first-order valence-corrected chi connectivity index (χ1v) is 5.52. The van der Waals surface area contributed by atoms with Gasteiger partial charge in [-0.15, -0.1) is 0 Å². The molecule has 0 fully saturated rings. The minimum absolute atomic E-state index is 0.152. The zero-order valence-corrected chi connectivity index (χ0v) is 9.65. The fraction of sp³-hybridized carbons (Fsp3) is 0.250. The van der Waals surface area contributed by atoms with Crippen LogP contribution in [0.3, 0.4) is 0 Å². The van der Waals surface area contributed by atoms with Crippen LogP contribution in [-0.4, -0.2) is 19.5 Å². The van der Waals surface area contributed by atoms with Crippen molar-refractivity contribution in [1.29, 1.82) is 0 Å². The first-order chi connectivity index (χ1) is 8.08. The summed E-state index contributed by atoms with van der Waals surface area (Å²) in [5, 5.41) is 15.2. The summed E-state index contributed by atoms with van der Waals surface area (Å²) in [6, 6.07) is 0. The Labute approximate surface area is 99.1 Å². The summed E-state index contributed by atoms with van der Waals surface area (Å²) >= 11 is 1.05. The van der Waals surface area contributed by atoms with Crippen molar-refractivity contribution in [3.63, 3.8) is 0 Å². The number of aryl methyl sites for hydroxylation is 1. The number of aromatic nitrogens is 3. The molecule has 0 aromatic carbocycles. The Morgan fingerprint density at radius 2 is 2.47 bits per heavy atom. The number of imidazole rings is 1. The molecular formula is C8H9N5O3S. The Bertz CT molecular complexity index is 598. The molecule has 0 bridgehead atoms. The quantitative estimate of drug-likeness (QED) is 0.617. The number of anilines is 1. The van der Waals surface area contributed by atoms with Crippen LogP contribution >= 0.6 is 11.3 Å². The summed E-state index contributed by atoms with van der Waals surface area (Å²) in [6.45, 7) is 0.305. The topological polar surface area (TPSA) is 106 Å². The first kappa shape index (κ1) is 11.3. The molecular weight excluding hydrogens is 246 g/mol. The first-order valence-electron chi connectivity index (χ1n) is 4.64. The number of aromatic amines is 1. The summed E-state index contributed by atoms with van der Waals surface area (Å²) in [4.78, 5) is 27.2. The molecule has 2 aromatic heterocycles. The van der Waals surface area contributed by atoms with Crippen molar-refractivity contribution in [2.45, 2.75) is 6.54 Å². The maximum atomic E-state index is 10.9. The molecule has 0 unspecified atom stereocenters. The van der Waals surface area contributed by atoms with Crippen LogP contribution in [0.2, 0.25) is 0 Å². The van der Waals surface area contributed by atoms with Gasteiger partial charge in [0.25, 0.3) is 0 Å². The Morgan fingerprint density at radius 1 is 1.71 bits per heavy atom. The van der Waals surface area contributed by atoms with Crippen LogP contribution in [0.1, 0.15) is 5.69 Å². The lowest BCUT2D eigenvalue weighted by Gasteiger charge is -2.04. The zero-order valence-electron chi connectivity index (χ0n) is 8.84. The molecule has 0 spiro atoms. The number of nitrogens with zero attached hydrogens (tertiary/aromatic N) is 3. The Kier molecular flexibility index (Phi) is 2.91. The van der Waals surface area contributed by atoms with Crippen molar-refractivity contribution in [2.24, 2.45) is 7.05 Å². The van der Waals surface area contributed by atoms with Gasteiger partial charge in [0, 0.05) is 18.1 Å². The summed E-state index contributed by atoms with van der Waals surface area (Å²) < 4.78 is 1.52. The van der Waals surface area contributed by atoms with Gasteiger partial charge in [-0.25, -0.2) is 0 Å². The largest absolute Gasteiger partial charge is 0.406 e. The summed E-state index contributed by atoms with van der Waals surface area (Å²) in [6.07, 6.45) is 1.36. The van der Waals surface area contributed by atoms with Gasteiger partial charge in [-0.05, 0) is 9.91 Å². The lowest BCUT2D eigenvalue weighted by Crippen LogP contribution is -2.07. The van der Waals surface area contributed by atoms with E-state index in [1.807, 2.05) is 0 Å². The van der Waals surface area contributed by atoms with Gasteiger partial charge in [-0.2, -0.15) is 0 Å². The molecule has 8 nitrogen and oxygen atoms in total. The second-order valence-electron chi connectivity index (χ2n) is 3.31. The van der Waals surface area contributed by atoms with Crippen LogP contribution in [0, 0.1) is 10.1 Å². The lowest BCUT2D eigenvalue weighted by molar-refractivity contribution is -0.388. The zero-order chi connectivity index (χ0) is 12.4. The molecule has 0 aliphatic carbocycles. The molecule has 9 heteroatoms. The molecule has 0 amide bonds. The van der Waals surface area contributed by atoms with Crippen molar-refractivity contribution >= 4 is 23.0 Å². The van der Waals surface area contributed by atoms with E-state index < -0.39 is 4.92 Å². The molecule has 0 atom stereocenters. The number of hydrogen-bond acceptors (Lipinski definition) is 6. The maximum absolute atomic E-state index is 10.9. The number of rotatable bonds is 4. The van der Waals surface area contributed by atoms with Crippen molar-refractivity contribution < 1.29 is 4.92 Å². The highest BCUT2D eigenvalue weighted by Gasteiger charge is 2.19. The second-order valence-corrected chi connectivity index (χ2v) is 4.15. The van der Waals surface area contributed by atoms with E-state index in [9.17, 15) is 14.9 Å². The third-order valence-corrected chi connectivity index (χ3v) is 2.83. The molecule has 2 heterocycles. The van der Waals surface area contributed by atoms with Crippen LogP contribution in [0.4, 0.5) is 11.6 Å². The monoisotopic (exact) mass is 255 g/mol. The maximum Gasteiger partial charge on any atom is 0.406 e. The van der Waals surface area contributed by atoms with Crippen LogP contribution in [-0.2, 0) is 13.6 Å². The Balaban J connectivity index is 2.16. The average molecular weight is 255 g/mol.